The Morgan fingerprint density at radius 1 is 1.22 bits per heavy atom. The van der Waals surface area contributed by atoms with Crippen molar-refractivity contribution >= 4 is 28.7 Å². The minimum absolute atomic E-state index is 0.0747. The van der Waals surface area contributed by atoms with Crippen LogP contribution in [0, 0.1) is 11.6 Å². The Bertz CT molecular complexity index is 1400. The van der Waals surface area contributed by atoms with E-state index in [4.69, 9.17) is 10.2 Å². The molecule has 2 saturated carbocycles. The number of halogens is 2. The van der Waals surface area contributed by atoms with E-state index >= 15 is 0 Å². The van der Waals surface area contributed by atoms with Crippen molar-refractivity contribution in [3.63, 3.8) is 0 Å². The van der Waals surface area contributed by atoms with Gasteiger partial charge in [-0.15, -0.1) is 5.10 Å². The second-order valence-electron chi connectivity index (χ2n) is 8.83. The summed E-state index contributed by atoms with van der Waals surface area (Å²) in [4.78, 5) is 9.13. The minimum Gasteiger partial charge on any atom is -0.394 e. The molecular formula is C23H28F2N6O4S. The Hall–Kier alpha value is -2.45. The number of nitrogens with zero attached hydrogens (tertiary/aromatic N) is 5. The molecule has 2 fully saturated rings. The Balaban J connectivity index is 1.42. The summed E-state index contributed by atoms with van der Waals surface area (Å²) >= 11 is 1.39. The van der Waals surface area contributed by atoms with Gasteiger partial charge in [0.25, 0.3) is 0 Å². The third-order valence-corrected chi connectivity index (χ3v) is 7.44. The topological polar surface area (TPSA) is 138 Å². The van der Waals surface area contributed by atoms with E-state index < -0.39 is 49.1 Å². The van der Waals surface area contributed by atoms with Crippen molar-refractivity contribution in [2.45, 2.75) is 67.7 Å². The van der Waals surface area contributed by atoms with Crippen molar-refractivity contribution in [3.05, 3.63) is 35.4 Å². The maximum Gasteiger partial charge on any atom is 0.191 e. The van der Waals surface area contributed by atoms with E-state index in [1.807, 2.05) is 6.92 Å². The molecule has 4 N–H and O–H groups in total. The second-order valence-corrected chi connectivity index (χ2v) is 9.89. The van der Waals surface area contributed by atoms with Crippen molar-refractivity contribution in [2.24, 2.45) is 0 Å². The van der Waals surface area contributed by atoms with Crippen LogP contribution in [0.5, 0.6) is 0 Å². The number of anilines is 1. The third kappa shape index (κ3) is 4.90. The molecule has 0 saturated heterocycles. The van der Waals surface area contributed by atoms with Gasteiger partial charge < -0.3 is 25.4 Å². The van der Waals surface area contributed by atoms with Gasteiger partial charge in [-0.1, -0.05) is 30.0 Å². The van der Waals surface area contributed by atoms with Gasteiger partial charge in [-0.05, 0) is 30.5 Å². The fourth-order valence-corrected chi connectivity index (χ4v) is 5.16. The van der Waals surface area contributed by atoms with Crippen LogP contribution in [0.15, 0.2) is 23.4 Å². The summed E-state index contributed by atoms with van der Waals surface area (Å²) < 4.78 is 63.3. The number of nitrogens with one attached hydrogen (secondary N) is 1. The molecule has 36 heavy (non-hydrogen) atoms. The van der Waals surface area contributed by atoms with Crippen molar-refractivity contribution < 1.29 is 34.3 Å². The van der Waals surface area contributed by atoms with Gasteiger partial charge >= 0.3 is 0 Å². The van der Waals surface area contributed by atoms with Gasteiger partial charge in [-0.2, -0.15) is 0 Å². The number of aliphatic hydroxyl groups excluding tert-OH is 2. The highest BCUT2D eigenvalue weighted by Crippen LogP contribution is 2.44. The number of ether oxygens (including phenoxy) is 1. The summed E-state index contributed by atoms with van der Waals surface area (Å²) in [5, 5.41) is 42.8. The maximum absolute atomic E-state index is 13.7. The van der Waals surface area contributed by atoms with E-state index in [9.17, 15) is 24.1 Å². The lowest BCUT2D eigenvalue weighted by Gasteiger charge is -2.17. The van der Waals surface area contributed by atoms with Gasteiger partial charge in [0.15, 0.2) is 33.8 Å². The highest BCUT2D eigenvalue weighted by Gasteiger charge is 2.45. The Morgan fingerprint density at radius 3 is 2.81 bits per heavy atom. The van der Waals surface area contributed by atoms with Crippen molar-refractivity contribution in [1.29, 1.82) is 0 Å². The fourth-order valence-electron chi connectivity index (χ4n) is 4.46. The Labute approximate surface area is 215 Å². The molecule has 0 spiro atoms. The van der Waals surface area contributed by atoms with Gasteiger partial charge in [0.05, 0.1) is 30.7 Å². The first-order valence-corrected chi connectivity index (χ1v) is 12.5. The molecule has 0 amide bonds. The summed E-state index contributed by atoms with van der Waals surface area (Å²) in [5.74, 6) is -0.841. The van der Waals surface area contributed by atoms with Crippen LogP contribution in [0.1, 0.15) is 49.2 Å². The first-order valence-electron chi connectivity index (χ1n) is 13.5. The van der Waals surface area contributed by atoms with Gasteiger partial charge in [-0.25, -0.2) is 23.4 Å². The van der Waals surface area contributed by atoms with Crippen LogP contribution >= 0.6 is 11.8 Å². The second kappa shape index (κ2) is 10.5. The zero-order chi connectivity index (χ0) is 29.0. The van der Waals surface area contributed by atoms with E-state index in [0.717, 1.165) is 12.5 Å². The molecule has 6 atom stereocenters. The third-order valence-electron chi connectivity index (χ3n) is 6.39. The van der Waals surface area contributed by atoms with Crippen LogP contribution in [-0.2, 0) is 4.74 Å². The Kier molecular flexibility index (Phi) is 6.01. The highest BCUT2D eigenvalue weighted by atomic mass is 32.2. The van der Waals surface area contributed by atoms with E-state index in [2.05, 4.69) is 25.6 Å². The maximum atomic E-state index is 13.7. The monoisotopic (exact) mass is 526 g/mol. The molecule has 2 aliphatic carbocycles. The number of hydrogen-bond donors (Lipinski definition) is 4. The molecule has 0 bridgehead atoms. The van der Waals surface area contributed by atoms with Crippen LogP contribution in [0.3, 0.4) is 0 Å². The SMILES string of the molecule is [2H]C([2H])(O)C([2H])([2H])O[C@H]1C[C@@H](n2nnc3c(N[C@H]4CC4c4ccc(F)c(F)c4)nc(SCCC)nc32)[C@H](O)[C@@H]1O. The average molecular weight is 527 g/mol. The lowest BCUT2D eigenvalue weighted by molar-refractivity contribution is -0.0629. The minimum atomic E-state index is -3.35. The van der Waals surface area contributed by atoms with E-state index in [-0.39, 0.29) is 29.5 Å². The van der Waals surface area contributed by atoms with Gasteiger partial charge in [0.1, 0.15) is 12.2 Å². The van der Waals surface area contributed by atoms with Crippen LogP contribution in [0.4, 0.5) is 14.6 Å². The quantitative estimate of drug-likeness (QED) is 0.229. The summed E-state index contributed by atoms with van der Waals surface area (Å²) in [6.45, 7) is -4.51. The standard InChI is InChI=1S/C23H28F2N6O4S/c1-2-7-36-23-27-21(26-15-9-12(15)11-3-4-13(24)14(25)8-11)18-22(28-23)31(30-29-18)16-10-17(35-6-5-32)20(34)19(16)33/h3-4,8,12,15-17,19-20,32-34H,2,5-7,9-10H2,1H3,(H,26,27,28)/t12?,15-,16+,17-,19-,20+/m0/s1/i5D2,6D2. The number of aromatic nitrogens is 5. The van der Waals surface area contributed by atoms with Gasteiger partial charge in [0.2, 0.25) is 0 Å². The average Bonchev–Trinajstić information content (AvgIpc) is 3.43. The molecule has 10 nitrogen and oxygen atoms in total. The number of rotatable bonds is 10. The highest BCUT2D eigenvalue weighted by molar-refractivity contribution is 7.99. The molecular weight excluding hydrogens is 494 g/mol. The normalized spacial score (nSPS) is 30.1. The molecule has 1 unspecified atom stereocenters. The smallest absolute Gasteiger partial charge is 0.191 e. The summed E-state index contributed by atoms with van der Waals surface area (Å²) in [6, 6.07) is 2.70. The van der Waals surface area contributed by atoms with Crippen LogP contribution in [0.2, 0.25) is 0 Å². The molecule has 13 heteroatoms. The van der Waals surface area contributed by atoms with Crippen LogP contribution in [0.25, 0.3) is 11.2 Å². The van der Waals surface area contributed by atoms with Crippen LogP contribution < -0.4 is 5.32 Å². The largest absolute Gasteiger partial charge is 0.394 e. The lowest BCUT2D eigenvalue weighted by atomic mass is 10.1. The van der Waals surface area contributed by atoms with E-state index in [1.165, 1.54) is 28.6 Å². The first-order chi connectivity index (χ1) is 18.8. The predicted molar refractivity (Wildman–Crippen MR) is 128 cm³/mol. The predicted octanol–water partition coefficient (Wildman–Crippen LogP) is 2.01. The molecule has 0 aliphatic heterocycles. The molecule has 2 aliphatic rings. The summed E-state index contributed by atoms with van der Waals surface area (Å²) in [5.41, 5.74) is 1.15. The number of benzene rings is 1. The van der Waals surface area contributed by atoms with Crippen molar-refractivity contribution in [3.8, 4) is 0 Å². The molecule has 1 aromatic carbocycles. The molecule has 3 aromatic rings. The van der Waals surface area contributed by atoms with Crippen molar-refractivity contribution in [1.82, 2.24) is 25.0 Å². The lowest BCUT2D eigenvalue weighted by Crippen LogP contribution is -2.33. The van der Waals surface area contributed by atoms with Crippen LogP contribution in [-0.4, -0.2) is 83.5 Å². The van der Waals surface area contributed by atoms with Gasteiger partial charge in [0, 0.05) is 24.1 Å². The molecule has 2 aromatic heterocycles. The summed E-state index contributed by atoms with van der Waals surface area (Å²) in [7, 11) is 0. The number of hydrogen-bond acceptors (Lipinski definition) is 10. The zero-order valence-electron chi connectivity index (χ0n) is 23.2. The van der Waals surface area contributed by atoms with E-state index in [0.29, 0.717) is 28.7 Å². The Morgan fingerprint density at radius 2 is 2.06 bits per heavy atom. The number of fused-ring (bicyclic) bond motifs is 1. The zero-order valence-corrected chi connectivity index (χ0v) is 20.0. The molecule has 5 rings (SSSR count). The molecule has 194 valence electrons. The molecule has 0 radical (unpaired) electrons. The molecule has 2 heterocycles. The first kappa shape index (κ1) is 20.6. The number of thioether (sulfide) groups is 1. The summed E-state index contributed by atoms with van der Waals surface area (Å²) in [6.07, 6.45) is -3.16. The van der Waals surface area contributed by atoms with Gasteiger partial charge in [-0.3, -0.25) is 0 Å². The van der Waals surface area contributed by atoms with E-state index in [1.54, 1.807) is 0 Å². The number of aliphatic hydroxyl groups is 3. The fraction of sp³-hybridized carbons (Fsp3) is 0.565. The van der Waals surface area contributed by atoms with Crippen molar-refractivity contribution in [2.75, 3.05) is 24.2 Å².